The number of carbonyl (C=O) groups is 1. The Morgan fingerprint density at radius 2 is 1.91 bits per heavy atom. The zero-order valence-corrected chi connectivity index (χ0v) is 15.1. The predicted molar refractivity (Wildman–Crippen MR) is 93.7 cm³/mol. The molecule has 23 heavy (non-hydrogen) atoms. The van der Waals surface area contributed by atoms with Gasteiger partial charge in [-0.1, -0.05) is 37.3 Å². The summed E-state index contributed by atoms with van der Waals surface area (Å²) in [5.41, 5.74) is 1.14. The van der Waals surface area contributed by atoms with Crippen LogP contribution in [-0.4, -0.2) is 44.1 Å². The van der Waals surface area contributed by atoms with Crippen LogP contribution < -0.4 is 4.72 Å². The van der Waals surface area contributed by atoms with Crippen molar-refractivity contribution in [2.45, 2.75) is 46.1 Å². The van der Waals surface area contributed by atoms with Crippen molar-refractivity contribution in [1.29, 1.82) is 0 Å². The number of sulfonamides is 1. The summed E-state index contributed by atoms with van der Waals surface area (Å²) in [5, 5.41) is 0. The van der Waals surface area contributed by atoms with Crippen LogP contribution in [0.1, 0.15) is 39.2 Å². The van der Waals surface area contributed by atoms with Crippen LogP contribution in [0.5, 0.6) is 0 Å². The van der Waals surface area contributed by atoms with E-state index in [4.69, 9.17) is 0 Å². The topological polar surface area (TPSA) is 66.5 Å². The van der Waals surface area contributed by atoms with Gasteiger partial charge >= 0.3 is 0 Å². The van der Waals surface area contributed by atoms with E-state index in [-0.39, 0.29) is 24.2 Å². The lowest BCUT2D eigenvalue weighted by Gasteiger charge is -2.27. The molecule has 0 aliphatic heterocycles. The van der Waals surface area contributed by atoms with Crippen molar-refractivity contribution in [3.63, 3.8) is 0 Å². The number of hydrogen-bond donors (Lipinski definition) is 1. The Morgan fingerprint density at radius 1 is 1.26 bits per heavy atom. The maximum atomic E-state index is 12.0. The summed E-state index contributed by atoms with van der Waals surface area (Å²) in [6.45, 7) is 6.16. The molecule has 0 saturated carbocycles. The molecule has 0 aliphatic rings. The van der Waals surface area contributed by atoms with Crippen LogP contribution in [0.3, 0.4) is 0 Å². The molecule has 1 rings (SSSR count). The van der Waals surface area contributed by atoms with Gasteiger partial charge in [-0.15, -0.1) is 0 Å². The molecule has 0 fully saturated rings. The smallest absolute Gasteiger partial charge is 0.219 e. The van der Waals surface area contributed by atoms with E-state index in [9.17, 15) is 13.2 Å². The third-order valence-corrected chi connectivity index (χ3v) is 5.39. The molecule has 1 amide bonds. The van der Waals surface area contributed by atoms with E-state index in [2.05, 4.69) is 4.72 Å². The first-order valence-corrected chi connectivity index (χ1v) is 9.79. The van der Waals surface area contributed by atoms with Crippen LogP contribution in [0.2, 0.25) is 0 Å². The second kappa shape index (κ2) is 9.67. The molecule has 0 heterocycles. The minimum atomic E-state index is -3.29. The Morgan fingerprint density at radius 3 is 2.48 bits per heavy atom. The Balaban J connectivity index is 2.36. The summed E-state index contributed by atoms with van der Waals surface area (Å²) >= 11 is 0. The quantitative estimate of drug-likeness (QED) is 0.710. The minimum Gasteiger partial charge on any atom is -0.339 e. The Hall–Kier alpha value is -1.40. The van der Waals surface area contributed by atoms with Crippen LogP contribution >= 0.6 is 0 Å². The lowest BCUT2D eigenvalue weighted by atomic mass is 10.1. The molecular weight excluding hydrogens is 312 g/mol. The van der Waals surface area contributed by atoms with Gasteiger partial charge in [-0.05, 0) is 31.7 Å². The fourth-order valence-electron chi connectivity index (χ4n) is 2.41. The zero-order valence-electron chi connectivity index (χ0n) is 14.3. The molecular formula is C17H28N2O3S. The van der Waals surface area contributed by atoms with E-state index in [1.165, 1.54) is 6.92 Å². The zero-order chi connectivity index (χ0) is 17.3. The van der Waals surface area contributed by atoms with Gasteiger partial charge in [-0.2, -0.15) is 0 Å². The number of nitrogens with one attached hydrogen (secondary N) is 1. The highest BCUT2D eigenvalue weighted by Crippen LogP contribution is 2.05. The maximum absolute atomic E-state index is 12.0. The third kappa shape index (κ3) is 7.61. The highest BCUT2D eigenvalue weighted by Gasteiger charge is 2.16. The lowest BCUT2D eigenvalue weighted by Crippen LogP contribution is -2.42. The van der Waals surface area contributed by atoms with Gasteiger partial charge in [0.2, 0.25) is 15.9 Å². The molecule has 0 aliphatic carbocycles. The first-order chi connectivity index (χ1) is 10.9. The number of aryl methyl sites for hydroxylation is 1. The van der Waals surface area contributed by atoms with Gasteiger partial charge in [0.25, 0.3) is 0 Å². The van der Waals surface area contributed by atoms with Gasteiger partial charge in [-0.25, -0.2) is 13.1 Å². The summed E-state index contributed by atoms with van der Waals surface area (Å²) < 4.78 is 26.6. The Kier molecular flexibility index (Phi) is 8.26. The second-order valence-electron chi connectivity index (χ2n) is 5.77. The molecule has 1 unspecified atom stereocenters. The van der Waals surface area contributed by atoms with Gasteiger partial charge in [0.05, 0.1) is 5.75 Å². The van der Waals surface area contributed by atoms with Crippen LogP contribution in [0.25, 0.3) is 0 Å². The highest BCUT2D eigenvalue weighted by molar-refractivity contribution is 7.89. The highest BCUT2D eigenvalue weighted by atomic mass is 32.2. The Labute approximate surface area is 140 Å². The van der Waals surface area contributed by atoms with Crippen molar-refractivity contribution >= 4 is 15.9 Å². The fourth-order valence-corrected chi connectivity index (χ4v) is 3.48. The van der Waals surface area contributed by atoms with E-state index >= 15 is 0 Å². The third-order valence-electron chi connectivity index (χ3n) is 3.92. The average molecular weight is 340 g/mol. The van der Waals surface area contributed by atoms with E-state index in [0.29, 0.717) is 13.0 Å². The molecule has 1 aromatic carbocycles. The molecule has 1 N–H and O–H groups in total. The van der Waals surface area contributed by atoms with Gasteiger partial charge < -0.3 is 4.90 Å². The predicted octanol–water partition coefficient (Wildman–Crippen LogP) is 2.19. The molecule has 0 saturated heterocycles. The normalized spacial score (nSPS) is 12.8. The number of carbonyl (C=O) groups excluding carboxylic acids is 1. The lowest BCUT2D eigenvalue weighted by molar-refractivity contribution is -0.130. The fraction of sp³-hybridized carbons (Fsp3) is 0.588. The average Bonchev–Trinajstić information content (AvgIpc) is 2.51. The van der Waals surface area contributed by atoms with Crippen molar-refractivity contribution in [1.82, 2.24) is 9.62 Å². The first kappa shape index (κ1) is 19.6. The molecule has 130 valence electrons. The van der Waals surface area contributed by atoms with E-state index in [0.717, 1.165) is 18.4 Å². The summed E-state index contributed by atoms with van der Waals surface area (Å²) in [6, 6.07) is 9.96. The van der Waals surface area contributed by atoms with Crippen LogP contribution in [0.4, 0.5) is 0 Å². The van der Waals surface area contributed by atoms with Crippen LogP contribution in [0.15, 0.2) is 30.3 Å². The summed E-state index contributed by atoms with van der Waals surface area (Å²) in [4.78, 5) is 13.3. The van der Waals surface area contributed by atoms with Gasteiger partial charge in [0.15, 0.2) is 0 Å². The van der Waals surface area contributed by atoms with Crippen LogP contribution in [0, 0.1) is 0 Å². The van der Waals surface area contributed by atoms with Gasteiger partial charge in [-0.3, -0.25) is 4.79 Å². The van der Waals surface area contributed by atoms with Gasteiger partial charge in [0, 0.05) is 26.1 Å². The number of rotatable bonds is 10. The molecule has 0 aromatic heterocycles. The van der Waals surface area contributed by atoms with Crippen molar-refractivity contribution < 1.29 is 13.2 Å². The summed E-state index contributed by atoms with van der Waals surface area (Å²) in [5.74, 6) is 0.0771. The molecule has 1 aromatic rings. The van der Waals surface area contributed by atoms with E-state index < -0.39 is 10.0 Å². The maximum Gasteiger partial charge on any atom is 0.219 e. The number of amides is 1. The molecule has 1 atom stereocenters. The standard InChI is InChI=1S/C17H28N2O3S/c1-4-15(2)19(16(3)20)13-12-18-23(21,22)14-8-11-17-9-6-5-7-10-17/h5-7,9-10,15,18H,4,8,11-14H2,1-3H3. The summed E-state index contributed by atoms with van der Waals surface area (Å²) in [6.07, 6.45) is 2.18. The molecule has 6 heteroatoms. The minimum absolute atomic E-state index is 0.0253. The van der Waals surface area contributed by atoms with Crippen molar-refractivity contribution in [3.05, 3.63) is 35.9 Å². The number of hydrogen-bond acceptors (Lipinski definition) is 3. The Bertz CT molecular complexity index is 573. The van der Waals surface area contributed by atoms with E-state index in [1.807, 2.05) is 44.2 Å². The first-order valence-electron chi connectivity index (χ1n) is 8.14. The van der Waals surface area contributed by atoms with Gasteiger partial charge in [0.1, 0.15) is 0 Å². The molecule has 0 spiro atoms. The molecule has 0 radical (unpaired) electrons. The van der Waals surface area contributed by atoms with Crippen molar-refractivity contribution in [2.24, 2.45) is 0 Å². The van der Waals surface area contributed by atoms with Crippen molar-refractivity contribution in [2.75, 3.05) is 18.8 Å². The SMILES string of the molecule is CCC(C)N(CCNS(=O)(=O)CCCc1ccccc1)C(C)=O. The van der Waals surface area contributed by atoms with E-state index in [1.54, 1.807) is 4.90 Å². The number of nitrogens with zero attached hydrogens (tertiary/aromatic N) is 1. The second-order valence-corrected chi connectivity index (χ2v) is 7.70. The summed E-state index contributed by atoms with van der Waals surface area (Å²) in [7, 11) is -3.29. The largest absolute Gasteiger partial charge is 0.339 e. The molecule has 0 bridgehead atoms. The number of benzene rings is 1. The van der Waals surface area contributed by atoms with Crippen molar-refractivity contribution in [3.8, 4) is 0 Å². The van der Waals surface area contributed by atoms with Crippen LogP contribution in [-0.2, 0) is 21.2 Å². The molecule has 5 nitrogen and oxygen atoms in total. The monoisotopic (exact) mass is 340 g/mol.